The molecule has 0 bridgehead atoms. The number of carbonyl (C=O) groups is 1. The van der Waals surface area contributed by atoms with Gasteiger partial charge in [0.05, 0.1) is 5.69 Å². The first-order valence-electron chi connectivity index (χ1n) is 8.78. The summed E-state index contributed by atoms with van der Waals surface area (Å²) >= 11 is 1.62. The number of hydrogen-bond donors (Lipinski definition) is 1. The zero-order valence-corrected chi connectivity index (χ0v) is 15.9. The molecule has 0 spiro atoms. The number of imidazole rings is 1. The van der Waals surface area contributed by atoms with Crippen molar-refractivity contribution < 1.29 is 4.79 Å². The van der Waals surface area contributed by atoms with Crippen LogP contribution in [-0.2, 0) is 26.1 Å². The van der Waals surface area contributed by atoms with Gasteiger partial charge < -0.3 is 10.2 Å². The van der Waals surface area contributed by atoms with Gasteiger partial charge in [0.15, 0.2) is 4.96 Å². The fourth-order valence-electron chi connectivity index (χ4n) is 3.39. The Bertz CT molecular complexity index is 903. The normalized spacial score (nSPS) is 13.9. The molecule has 1 aliphatic rings. The van der Waals surface area contributed by atoms with Gasteiger partial charge in [-0.25, -0.2) is 9.78 Å². The van der Waals surface area contributed by atoms with Crippen LogP contribution < -0.4 is 5.32 Å². The summed E-state index contributed by atoms with van der Waals surface area (Å²) in [6, 6.07) is 6.48. The van der Waals surface area contributed by atoms with Gasteiger partial charge in [0.1, 0.15) is 0 Å². The van der Waals surface area contributed by atoms with Crippen molar-refractivity contribution in [2.24, 2.45) is 0 Å². The lowest BCUT2D eigenvalue weighted by Crippen LogP contribution is -2.37. The summed E-state index contributed by atoms with van der Waals surface area (Å²) in [4.78, 5) is 21.9. The van der Waals surface area contributed by atoms with Crippen LogP contribution in [0.5, 0.6) is 0 Å². The SMILES string of the molecule is CN1Cc2ccc(CN(C)C(=O)NCCc3cn4ccsc4n3)cc2C1. The Labute approximate surface area is 157 Å². The largest absolute Gasteiger partial charge is 0.338 e. The van der Waals surface area contributed by atoms with E-state index in [1.54, 1.807) is 16.2 Å². The summed E-state index contributed by atoms with van der Waals surface area (Å²) in [5, 5.41) is 4.99. The predicted octanol–water partition coefficient (Wildman–Crippen LogP) is 2.73. The lowest BCUT2D eigenvalue weighted by Gasteiger charge is -2.18. The molecule has 6 nitrogen and oxygen atoms in total. The van der Waals surface area contributed by atoms with Gasteiger partial charge in [-0.2, -0.15) is 0 Å². The number of hydrogen-bond acceptors (Lipinski definition) is 4. The van der Waals surface area contributed by atoms with Crippen LogP contribution in [0.1, 0.15) is 22.4 Å². The molecule has 7 heteroatoms. The first kappa shape index (κ1) is 17.1. The minimum Gasteiger partial charge on any atom is -0.338 e. The molecule has 0 atom stereocenters. The van der Waals surface area contributed by atoms with Crippen LogP contribution >= 0.6 is 11.3 Å². The predicted molar refractivity (Wildman–Crippen MR) is 103 cm³/mol. The fraction of sp³-hybridized carbons (Fsp3) is 0.368. The van der Waals surface area contributed by atoms with Crippen molar-refractivity contribution in [2.45, 2.75) is 26.1 Å². The molecule has 0 saturated carbocycles. The Morgan fingerprint density at radius 2 is 2.19 bits per heavy atom. The number of carbonyl (C=O) groups excluding carboxylic acids is 1. The molecule has 3 aromatic rings. The number of rotatable bonds is 5. The molecule has 26 heavy (non-hydrogen) atoms. The monoisotopic (exact) mass is 369 g/mol. The van der Waals surface area contributed by atoms with Gasteiger partial charge in [-0.3, -0.25) is 9.30 Å². The summed E-state index contributed by atoms with van der Waals surface area (Å²) in [6.45, 7) is 3.20. The minimum absolute atomic E-state index is 0.0522. The molecule has 0 aliphatic carbocycles. The topological polar surface area (TPSA) is 52.9 Å². The van der Waals surface area contributed by atoms with E-state index >= 15 is 0 Å². The molecular weight excluding hydrogens is 346 g/mol. The van der Waals surface area contributed by atoms with Crippen LogP contribution in [0, 0.1) is 0 Å². The Kier molecular flexibility index (Phi) is 4.65. The average molecular weight is 369 g/mol. The molecule has 136 valence electrons. The van der Waals surface area contributed by atoms with Crippen LogP contribution in [-0.4, -0.2) is 45.9 Å². The van der Waals surface area contributed by atoms with Crippen molar-refractivity contribution in [1.29, 1.82) is 0 Å². The highest BCUT2D eigenvalue weighted by molar-refractivity contribution is 7.15. The number of nitrogens with zero attached hydrogens (tertiary/aromatic N) is 4. The average Bonchev–Trinajstić information content (AvgIpc) is 3.27. The van der Waals surface area contributed by atoms with Crippen LogP contribution in [0.25, 0.3) is 4.96 Å². The smallest absolute Gasteiger partial charge is 0.317 e. The Hall–Kier alpha value is -2.38. The number of fused-ring (bicyclic) bond motifs is 2. The quantitative estimate of drug-likeness (QED) is 0.752. The standard InChI is InChI=1S/C19H23N5OS/c1-22-11-15-4-3-14(9-16(15)12-22)10-23(2)18(25)20-6-5-17-13-24-7-8-26-19(24)21-17/h3-4,7-9,13H,5-6,10-12H2,1-2H3,(H,20,25). The maximum atomic E-state index is 12.3. The molecule has 0 unspecified atom stereocenters. The van der Waals surface area contributed by atoms with E-state index in [0.717, 1.165) is 30.2 Å². The highest BCUT2D eigenvalue weighted by Crippen LogP contribution is 2.22. The van der Waals surface area contributed by atoms with E-state index in [-0.39, 0.29) is 6.03 Å². The van der Waals surface area contributed by atoms with E-state index in [1.165, 1.54) is 16.7 Å². The molecule has 0 fully saturated rings. The molecule has 2 amide bonds. The van der Waals surface area contributed by atoms with E-state index in [2.05, 4.69) is 40.4 Å². The van der Waals surface area contributed by atoms with Crippen molar-refractivity contribution in [2.75, 3.05) is 20.6 Å². The summed E-state index contributed by atoms with van der Waals surface area (Å²) in [7, 11) is 3.96. The van der Waals surface area contributed by atoms with Crippen molar-refractivity contribution >= 4 is 22.3 Å². The third kappa shape index (κ3) is 3.59. The second-order valence-electron chi connectivity index (χ2n) is 6.94. The molecule has 1 aliphatic heterocycles. The first-order chi connectivity index (χ1) is 12.6. The molecule has 0 radical (unpaired) electrons. The van der Waals surface area contributed by atoms with Crippen molar-refractivity contribution in [3.63, 3.8) is 0 Å². The van der Waals surface area contributed by atoms with Crippen LogP contribution in [0.2, 0.25) is 0 Å². The van der Waals surface area contributed by atoms with Crippen LogP contribution in [0.15, 0.2) is 36.0 Å². The Balaban J connectivity index is 1.28. The Morgan fingerprint density at radius 3 is 3.04 bits per heavy atom. The van der Waals surface area contributed by atoms with E-state index in [1.807, 2.05) is 29.2 Å². The third-order valence-electron chi connectivity index (χ3n) is 4.72. The molecular formula is C19H23N5OS. The van der Waals surface area contributed by atoms with Gasteiger partial charge in [0.25, 0.3) is 0 Å². The number of benzene rings is 1. The summed E-state index contributed by atoms with van der Waals surface area (Å²) in [5.74, 6) is 0. The molecule has 3 heterocycles. The zero-order valence-electron chi connectivity index (χ0n) is 15.1. The molecule has 1 N–H and O–H groups in total. The zero-order chi connectivity index (χ0) is 18.1. The fourth-order valence-corrected chi connectivity index (χ4v) is 4.11. The van der Waals surface area contributed by atoms with Gasteiger partial charge in [0, 0.05) is 57.4 Å². The summed E-state index contributed by atoms with van der Waals surface area (Å²) in [5.41, 5.74) is 4.94. The number of aromatic nitrogens is 2. The minimum atomic E-state index is -0.0522. The van der Waals surface area contributed by atoms with Crippen LogP contribution in [0.4, 0.5) is 4.79 Å². The van der Waals surface area contributed by atoms with E-state index < -0.39 is 0 Å². The third-order valence-corrected chi connectivity index (χ3v) is 5.49. The van der Waals surface area contributed by atoms with Crippen molar-refractivity contribution in [1.82, 2.24) is 24.5 Å². The van der Waals surface area contributed by atoms with E-state index in [4.69, 9.17) is 0 Å². The van der Waals surface area contributed by atoms with Gasteiger partial charge in [-0.15, -0.1) is 11.3 Å². The number of nitrogens with one attached hydrogen (secondary N) is 1. The first-order valence-corrected chi connectivity index (χ1v) is 9.66. The van der Waals surface area contributed by atoms with Crippen LogP contribution in [0.3, 0.4) is 0 Å². The second kappa shape index (κ2) is 7.09. The van der Waals surface area contributed by atoms with Gasteiger partial charge in [-0.05, 0) is 23.7 Å². The van der Waals surface area contributed by atoms with Crippen molar-refractivity contribution in [3.05, 3.63) is 58.4 Å². The highest BCUT2D eigenvalue weighted by Gasteiger charge is 2.16. The van der Waals surface area contributed by atoms with E-state index in [0.29, 0.717) is 13.1 Å². The maximum Gasteiger partial charge on any atom is 0.317 e. The number of urea groups is 1. The van der Waals surface area contributed by atoms with Gasteiger partial charge in [0.2, 0.25) is 0 Å². The number of thiazole rings is 1. The Morgan fingerprint density at radius 1 is 1.35 bits per heavy atom. The maximum absolute atomic E-state index is 12.3. The highest BCUT2D eigenvalue weighted by atomic mass is 32.1. The van der Waals surface area contributed by atoms with Gasteiger partial charge in [-0.1, -0.05) is 18.2 Å². The second-order valence-corrected chi connectivity index (χ2v) is 7.81. The lowest BCUT2D eigenvalue weighted by molar-refractivity contribution is 0.207. The molecule has 2 aromatic heterocycles. The molecule has 0 saturated heterocycles. The molecule has 1 aromatic carbocycles. The van der Waals surface area contributed by atoms with Crippen molar-refractivity contribution in [3.8, 4) is 0 Å². The summed E-state index contributed by atoms with van der Waals surface area (Å²) < 4.78 is 2.01. The van der Waals surface area contributed by atoms with E-state index in [9.17, 15) is 4.79 Å². The molecule has 4 rings (SSSR count). The summed E-state index contributed by atoms with van der Waals surface area (Å²) in [6.07, 6.45) is 4.75. The lowest BCUT2D eigenvalue weighted by atomic mass is 10.1. The number of amides is 2. The van der Waals surface area contributed by atoms with Gasteiger partial charge >= 0.3 is 6.03 Å².